The van der Waals surface area contributed by atoms with Crippen LogP contribution < -0.4 is 11.2 Å². The van der Waals surface area contributed by atoms with Gasteiger partial charge in [0.2, 0.25) is 0 Å². The summed E-state index contributed by atoms with van der Waals surface area (Å²) in [5.74, 6) is -0.711. The molecule has 1 aliphatic rings. The zero-order valence-corrected chi connectivity index (χ0v) is 10.8. The number of nitrogens with one attached hydrogen (secondary N) is 1. The fourth-order valence-corrected chi connectivity index (χ4v) is 2.07. The Hall–Kier alpha value is -2.07. The Morgan fingerprint density at radius 1 is 1.43 bits per heavy atom. The van der Waals surface area contributed by atoms with E-state index in [0.717, 1.165) is 16.8 Å². The summed E-state index contributed by atoms with van der Waals surface area (Å²) in [4.78, 5) is 36.8. The Bertz CT molecular complexity index is 677. The van der Waals surface area contributed by atoms with E-state index in [9.17, 15) is 24.6 Å². The van der Waals surface area contributed by atoms with Crippen LogP contribution in [-0.2, 0) is 4.74 Å². The summed E-state index contributed by atoms with van der Waals surface area (Å²) in [6.07, 6.45) is -3.50. The number of carbonyl (C=O) groups excluding carboxylic acids is 1. The number of ketones is 1. The fourth-order valence-electron chi connectivity index (χ4n) is 2.07. The van der Waals surface area contributed by atoms with Crippen LogP contribution in [-0.4, -0.2) is 55.6 Å². The van der Waals surface area contributed by atoms with Gasteiger partial charge in [-0.15, -0.1) is 0 Å². The SMILES string of the molecule is C=CC(=O)c1cn([C@@H]2O[C@H](CO)[C@@H](O)[C@H]2O)c(=O)[nH]c1=O. The maximum Gasteiger partial charge on any atom is 0.330 e. The van der Waals surface area contributed by atoms with Crippen LogP contribution in [0.4, 0.5) is 0 Å². The molecule has 0 spiro atoms. The van der Waals surface area contributed by atoms with Gasteiger partial charge in [0, 0.05) is 6.20 Å². The van der Waals surface area contributed by atoms with Crippen LogP contribution in [0, 0.1) is 0 Å². The van der Waals surface area contributed by atoms with Gasteiger partial charge in [-0.1, -0.05) is 6.58 Å². The number of allylic oxidation sites excluding steroid dienone is 1. The topological polar surface area (TPSA) is 142 Å². The predicted octanol–water partition coefficient (Wildman–Crippen LogP) is -2.48. The van der Waals surface area contributed by atoms with Gasteiger partial charge in [-0.2, -0.15) is 0 Å². The molecule has 9 nitrogen and oxygen atoms in total. The molecule has 0 unspecified atom stereocenters. The highest BCUT2D eigenvalue weighted by atomic mass is 16.6. The molecule has 1 aliphatic heterocycles. The standard InChI is InChI=1S/C12H14N2O7/c1-2-6(16)5-3-14(12(20)13-10(5)19)11-9(18)8(17)7(4-15)21-11/h2-3,7-9,11,15,17-18H,1,4H2,(H,13,19,20)/t7-,8-,9-,11-/m1/s1. The minimum atomic E-state index is -1.50. The molecule has 21 heavy (non-hydrogen) atoms. The predicted molar refractivity (Wildman–Crippen MR) is 68.9 cm³/mol. The highest BCUT2D eigenvalue weighted by Crippen LogP contribution is 2.27. The second-order valence-electron chi connectivity index (χ2n) is 4.51. The van der Waals surface area contributed by atoms with Gasteiger partial charge in [0.15, 0.2) is 12.0 Å². The number of aliphatic hydroxyl groups is 3. The van der Waals surface area contributed by atoms with Gasteiger partial charge in [-0.3, -0.25) is 19.1 Å². The van der Waals surface area contributed by atoms with E-state index >= 15 is 0 Å². The smallest absolute Gasteiger partial charge is 0.330 e. The van der Waals surface area contributed by atoms with Crippen molar-refractivity contribution in [3.63, 3.8) is 0 Å². The first-order valence-corrected chi connectivity index (χ1v) is 6.05. The van der Waals surface area contributed by atoms with E-state index in [2.05, 4.69) is 6.58 Å². The summed E-state index contributed by atoms with van der Waals surface area (Å²) in [5, 5.41) is 28.5. The second-order valence-corrected chi connectivity index (χ2v) is 4.51. The monoisotopic (exact) mass is 298 g/mol. The Kier molecular flexibility index (Phi) is 4.19. The first kappa shape index (κ1) is 15.3. The largest absolute Gasteiger partial charge is 0.394 e. The number of ether oxygens (including phenoxy) is 1. The number of rotatable bonds is 4. The Morgan fingerprint density at radius 2 is 2.10 bits per heavy atom. The summed E-state index contributed by atoms with van der Waals surface area (Å²) in [7, 11) is 0. The van der Waals surface area contributed by atoms with E-state index in [4.69, 9.17) is 9.84 Å². The van der Waals surface area contributed by atoms with Crippen molar-refractivity contribution in [2.45, 2.75) is 24.5 Å². The Morgan fingerprint density at radius 3 is 2.62 bits per heavy atom. The number of H-pyrrole nitrogens is 1. The molecule has 2 rings (SSSR count). The number of aromatic amines is 1. The summed E-state index contributed by atoms with van der Waals surface area (Å²) in [6, 6.07) is 0. The first-order valence-electron chi connectivity index (χ1n) is 6.05. The summed E-state index contributed by atoms with van der Waals surface area (Å²) < 4.78 is 5.94. The molecule has 1 aromatic heterocycles. The van der Waals surface area contributed by atoms with Crippen molar-refractivity contribution in [2.24, 2.45) is 0 Å². The van der Waals surface area contributed by atoms with Gasteiger partial charge < -0.3 is 20.1 Å². The van der Waals surface area contributed by atoms with Crippen molar-refractivity contribution in [1.82, 2.24) is 9.55 Å². The van der Waals surface area contributed by atoms with Gasteiger partial charge in [0.05, 0.1) is 6.61 Å². The third-order valence-corrected chi connectivity index (χ3v) is 3.21. The Balaban J connectivity index is 2.50. The van der Waals surface area contributed by atoms with Crippen LogP contribution in [0.1, 0.15) is 16.6 Å². The summed E-state index contributed by atoms with van der Waals surface area (Å²) >= 11 is 0. The van der Waals surface area contributed by atoms with Gasteiger partial charge in [0.1, 0.15) is 23.9 Å². The molecule has 1 fully saturated rings. The molecule has 2 heterocycles. The molecule has 114 valence electrons. The number of aromatic nitrogens is 2. The number of hydrogen-bond donors (Lipinski definition) is 4. The van der Waals surface area contributed by atoms with Crippen molar-refractivity contribution < 1.29 is 24.9 Å². The van der Waals surface area contributed by atoms with E-state index in [1.54, 1.807) is 0 Å². The second kappa shape index (κ2) is 5.74. The summed E-state index contributed by atoms with van der Waals surface area (Å²) in [6.45, 7) is 2.67. The molecule has 0 radical (unpaired) electrons. The Labute approximate surface area is 117 Å². The molecule has 0 amide bonds. The van der Waals surface area contributed by atoms with E-state index in [-0.39, 0.29) is 5.56 Å². The molecule has 1 saturated heterocycles. The fraction of sp³-hybridized carbons (Fsp3) is 0.417. The van der Waals surface area contributed by atoms with E-state index < -0.39 is 48.2 Å². The van der Waals surface area contributed by atoms with Crippen LogP contribution in [0.25, 0.3) is 0 Å². The lowest BCUT2D eigenvalue weighted by atomic mass is 10.1. The van der Waals surface area contributed by atoms with E-state index in [1.807, 2.05) is 4.98 Å². The molecular formula is C12H14N2O7. The van der Waals surface area contributed by atoms with Crippen LogP contribution in [0.5, 0.6) is 0 Å². The van der Waals surface area contributed by atoms with Crippen LogP contribution in [0.2, 0.25) is 0 Å². The molecule has 1 aromatic rings. The zero-order valence-electron chi connectivity index (χ0n) is 10.8. The molecular weight excluding hydrogens is 284 g/mol. The van der Waals surface area contributed by atoms with E-state index in [0.29, 0.717) is 0 Å². The third kappa shape index (κ3) is 2.59. The normalized spacial score (nSPS) is 28.5. The highest BCUT2D eigenvalue weighted by molar-refractivity contribution is 6.03. The van der Waals surface area contributed by atoms with Crippen LogP contribution in [0.15, 0.2) is 28.4 Å². The maximum atomic E-state index is 11.8. The molecule has 4 atom stereocenters. The molecule has 9 heteroatoms. The lowest BCUT2D eigenvalue weighted by Gasteiger charge is -2.17. The molecule has 4 N–H and O–H groups in total. The van der Waals surface area contributed by atoms with Crippen LogP contribution >= 0.6 is 0 Å². The van der Waals surface area contributed by atoms with Gasteiger partial charge in [0.25, 0.3) is 5.56 Å². The third-order valence-electron chi connectivity index (χ3n) is 3.21. The number of nitrogens with zero attached hydrogens (tertiary/aromatic N) is 1. The minimum Gasteiger partial charge on any atom is -0.394 e. The quantitative estimate of drug-likeness (QED) is 0.356. The average molecular weight is 298 g/mol. The van der Waals surface area contributed by atoms with E-state index in [1.165, 1.54) is 0 Å². The zero-order chi connectivity index (χ0) is 15.7. The van der Waals surface area contributed by atoms with Crippen molar-refractivity contribution in [3.8, 4) is 0 Å². The first-order chi connectivity index (χ1) is 9.90. The van der Waals surface area contributed by atoms with Gasteiger partial charge in [-0.25, -0.2) is 4.79 Å². The maximum absolute atomic E-state index is 11.8. The van der Waals surface area contributed by atoms with Gasteiger partial charge >= 0.3 is 5.69 Å². The average Bonchev–Trinajstić information content (AvgIpc) is 2.74. The number of carbonyl (C=O) groups is 1. The minimum absolute atomic E-state index is 0.359. The summed E-state index contributed by atoms with van der Waals surface area (Å²) in [5.41, 5.74) is -2.18. The van der Waals surface area contributed by atoms with Crippen LogP contribution in [0.3, 0.4) is 0 Å². The van der Waals surface area contributed by atoms with Gasteiger partial charge in [-0.05, 0) is 6.08 Å². The molecule has 0 saturated carbocycles. The lowest BCUT2D eigenvalue weighted by Crippen LogP contribution is -2.39. The van der Waals surface area contributed by atoms with Crippen molar-refractivity contribution >= 4 is 5.78 Å². The molecule has 0 aliphatic carbocycles. The van der Waals surface area contributed by atoms with Crippen molar-refractivity contribution in [1.29, 1.82) is 0 Å². The molecule has 0 bridgehead atoms. The lowest BCUT2D eigenvalue weighted by molar-refractivity contribution is -0.0550. The van der Waals surface area contributed by atoms with Crippen molar-refractivity contribution in [2.75, 3.05) is 6.61 Å². The van der Waals surface area contributed by atoms with Crippen molar-refractivity contribution in [3.05, 3.63) is 45.3 Å². The number of aliphatic hydroxyl groups excluding tert-OH is 3. The number of hydrogen-bond acceptors (Lipinski definition) is 7. The molecule has 0 aromatic carbocycles. The highest BCUT2D eigenvalue weighted by Gasteiger charge is 2.43.